The van der Waals surface area contributed by atoms with E-state index in [0.29, 0.717) is 24.6 Å². The Hall–Kier alpha value is -2.89. The molecular weight excluding hydrogens is 355 g/mol. The highest BCUT2D eigenvalue weighted by atomic mass is 19.1. The van der Waals surface area contributed by atoms with Gasteiger partial charge in [-0.1, -0.05) is 24.3 Å². The lowest BCUT2D eigenvalue weighted by Crippen LogP contribution is -2.40. The molecule has 0 bridgehead atoms. The van der Waals surface area contributed by atoms with Crippen LogP contribution in [0.2, 0.25) is 0 Å². The van der Waals surface area contributed by atoms with Crippen molar-refractivity contribution in [3.63, 3.8) is 0 Å². The van der Waals surface area contributed by atoms with Crippen LogP contribution in [0.25, 0.3) is 0 Å². The molecular formula is C22H27FN4O. The topological polar surface area (TPSA) is 56.7 Å². The number of nitrogens with one attached hydrogen (secondary N) is 2. The van der Waals surface area contributed by atoms with Crippen LogP contribution in [0.15, 0.2) is 53.5 Å². The number of carbonyl (C=O) groups excluding carboxylic acids is 1. The maximum atomic E-state index is 13.5. The lowest BCUT2D eigenvalue weighted by atomic mass is 9.96. The Kier molecular flexibility index (Phi) is 5.97. The molecule has 6 heteroatoms. The molecule has 5 nitrogen and oxygen atoms in total. The van der Waals surface area contributed by atoms with Crippen molar-refractivity contribution in [2.75, 3.05) is 27.7 Å². The fourth-order valence-electron chi connectivity index (χ4n) is 3.22. The minimum absolute atomic E-state index is 0.00604. The molecule has 0 aliphatic heterocycles. The molecule has 0 unspecified atom stereocenters. The first kappa shape index (κ1) is 19.9. The van der Waals surface area contributed by atoms with E-state index in [1.54, 1.807) is 38.2 Å². The summed E-state index contributed by atoms with van der Waals surface area (Å²) in [6, 6.07) is 14.4. The van der Waals surface area contributed by atoms with E-state index in [1.807, 2.05) is 30.3 Å². The van der Waals surface area contributed by atoms with Crippen LogP contribution >= 0.6 is 0 Å². The molecule has 0 heterocycles. The Labute approximate surface area is 165 Å². The largest absolute Gasteiger partial charge is 0.356 e. The Morgan fingerprint density at radius 3 is 2.43 bits per heavy atom. The van der Waals surface area contributed by atoms with Crippen LogP contribution < -0.4 is 10.6 Å². The van der Waals surface area contributed by atoms with Gasteiger partial charge in [-0.2, -0.15) is 0 Å². The van der Waals surface area contributed by atoms with Crippen molar-refractivity contribution >= 4 is 11.9 Å². The van der Waals surface area contributed by atoms with E-state index in [1.165, 1.54) is 6.07 Å². The minimum Gasteiger partial charge on any atom is -0.356 e. The Morgan fingerprint density at radius 2 is 1.86 bits per heavy atom. The first-order valence-corrected chi connectivity index (χ1v) is 9.45. The van der Waals surface area contributed by atoms with Crippen LogP contribution in [-0.4, -0.2) is 44.5 Å². The molecule has 2 aromatic carbocycles. The summed E-state index contributed by atoms with van der Waals surface area (Å²) in [6.07, 6.45) is 2.09. The third-order valence-electron chi connectivity index (χ3n) is 5.18. The summed E-state index contributed by atoms with van der Waals surface area (Å²) in [5.74, 6) is 0.502. The molecule has 2 aromatic rings. The van der Waals surface area contributed by atoms with Gasteiger partial charge in [0.05, 0.1) is 0 Å². The second-order valence-corrected chi connectivity index (χ2v) is 7.47. The SMILES string of the molecule is CN=C(NCc1ccc(C(=O)N(C)C)cc1)NCC1(c2cccc(F)c2)CC1. The van der Waals surface area contributed by atoms with E-state index >= 15 is 0 Å². The maximum absolute atomic E-state index is 13.5. The van der Waals surface area contributed by atoms with Gasteiger partial charge in [0.25, 0.3) is 5.91 Å². The molecule has 2 N–H and O–H groups in total. The highest BCUT2D eigenvalue weighted by Crippen LogP contribution is 2.47. The summed E-state index contributed by atoms with van der Waals surface area (Å²) < 4.78 is 13.5. The fourth-order valence-corrected chi connectivity index (χ4v) is 3.22. The maximum Gasteiger partial charge on any atom is 0.253 e. The molecule has 0 spiro atoms. The van der Waals surface area contributed by atoms with Crippen molar-refractivity contribution in [3.8, 4) is 0 Å². The summed E-state index contributed by atoms with van der Waals surface area (Å²) in [6.45, 7) is 1.31. The average Bonchev–Trinajstić information content (AvgIpc) is 3.49. The van der Waals surface area contributed by atoms with Gasteiger partial charge in [-0.25, -0.2) is 4.39 Å². The number of aliphatic imine (C=N–C) groups is 1. The van der Waals surface area contributed by atoms with Crippen molar-refractivity contribution in [2.24, 2.45) is 4.99 Å². The molecule has 0 radical (unpaired) electrons. The van der Waals surface area contributed by atoms with Crippen LogP contribution in [0.5, 0.6) is 0 Å². The van der Waals surface area contributed by atoms with Crippen LogP contribution in [0.3, 0.4) is 0 Å². The molecule has 1 saturated carbocycles. The number of hydrogen-bond acceptors (Lipinski definition) is 2. The number of amides is 1. The Balaban J connectivity index is 1.53. The van der Waals surface area contributed by atoms with Crippen LogP contribution in [0, 0.1) is 5.82 Å². The summed E-state index contributed by atoms with van der Waals surface area (Å²) >= 11 is 0. The van der Waals surface area contributed by atoms with Gasteiger partial charge in [0.1, 0.15) is 5.82 Å². The number of carbonyl (C=O) groups is 1. The van der Waals surface area contributed by atoms with E-state index in [-0.39, 0.29) is 17.1 Å². The predicted molar refractivity (Wildman–Crippen MR) is 110 cm³/mol. The molecule has 0 atom stereocenters. The van der Waals surface area contributed by atoms with Gasteiger partial charge >= 0.3 is 0 Å². The van der Waals surface area contributed by atoms with Crippen LogP contribution in [-0.2, 0) is 12.0 Å². The predicted octanol–water partition coefficient (Wildman–Crippen LogP) is 2.92. The number of rotatable bonds is 6. The summed E-state index contributed by atoms with van der Waals surface area (Å²) in [7, 11) is 5.21. The first-order chi connectivity index (χ1) is 13.4. The Bertz CT molecular complexity index is 857. The number of benzene rings is 2. The normalized spacial score (nSPS) is 15.1. The third kappa shape index (κ3) is 4.68. The zero-order valence-electron chi connectivity index (χ0n) is 16.6. The molecule has 1 amide bonds. The van der Waals surface area contributed by atoms with E-state index in [9.17, 15) is 9.18 Å². The van der Waals surface area contributed by atoms with E-state index in [0.717, 1.165) is 24.0 Å². The van der Waals surface area contributed by atoms with Crippen LogP contribution in [0.1, 0.15) is 34.3 Å². The quantitative estimate of drug-likeness (QED) is 0.597. The lowest BCUT2D eigenvalue weighted by Gasteiger charge is -2.19. The Morgan fingerprint density at radius 1 is 1.14 bits per heavy atom. The molecule has 3 rings (SSSR count). The standard InChI is InChI=1S/C22H27FN4O/c1-24-21(25-14-16-7-9-17(10-8-16)20(28)27(2)3)26-15-22(11-12-22)18-5-4-6-19(23)13-18/h4-10,13H,11-12,14-15H2,1-3H3,(H2,24,25,26). The first-order valence-electron chi connectivity index (χ1n) is 9.45. The van der Waals surface area contributed by atoms with Gasteiger partial charge in [-0.15, -0.1) is 0 Å². The number of guanidine groups is 1. The third-order valence-corrected chi connectivity index (χ3v) is 5.18. The second-order valence-electron chi connectivity index (χ2n) is 7.47. The highest BCUT2D eigenvalue weighted by Gasteiger charge is 2.44. The van der Waals surface area contributed by atoms with E-state index in [4.69, 9.17) is 0 Å². The smallest absolute Gasteiger partial charge is 0.253 e. The fraction of sp³-hybridized carbons (Fsp3) is 0.364. The average molecular weight is 382 g/mol. The molecule has 28 heavy (non-hydrogen) atoms. The minimum atomic E-state index is -0.192. The number of nitrogens with zero attached hydrogens (tertiary/aromatic N) is 2. The van der Waals surface area contributed by atoms with Crippen molar-refractivity contribution in [1.29, 1.82) is 0 Å². The molecule has 148 valence electrons. The van der Waals surface area contributed by atoms with Gasteiger partial charge < -0.3 is 15.5 Å². The zero-order chi connectivity index (χ0) is 20.1. The molecule has 1 fully saturated rings. The lowest BCUT2D eigenvalue weighted by molar-refractivity contribution is 0.0827. The molecule has 1 aliphatic carbocycles. The van der Waals surface area contributed by atoms with E-state index in [2.05, 4.69) is 15.6 Å². The molecule has 1 aliphatic rings. The van der Waals surface area contributed by atoms with Crippen molar-refractivity contribution in [3.05, 3.63) is 71.0 Å². The number of halogens is 1. The monoisotopic (exact) mass is 382 g/mol. The van der Waals surface area contributed by atoms with Gasteiger partial charge in [-0.05, 0) is 48.2 Å². The van der Waals surface area contributed by atoms with Crippen molar-refractivity contribution in [2.45, 2.75) is 24.8 Å². The van der Waals surface area contributed by atoms with Crippen LogP contribution in [0.4, 0.5) is 4.39 Å². The number of hydrogen-bond donors (Lipinski definition) is 2. The van der Waals surface area contributed by atoms with Gasteiger partial charge in [0.2, 0.25) is 0 Å². The van der Waals surface area contributed by atoms with E-state index < -0.39 is 0 Å². The van der Waals surface area contributed by atoms with Crippen molar-refractivity contribution < 1.29 is 9.18 Å². The van der Waals surface area contributed by atoms with Gasteiger partial charge in [-0.3, -0.25) is 9.79 Å². The van der Waals surface area contributed by atoms with Gasteiger partial charge in [0, 0.05) is 45.2 Å². The summed E-state index contributed by atoms with van der Waals surface area (Å²) in [5, 5.41) is 6.65. The second kappa shape index (κ2) is 8.42. The zero-order valence-corrected chi connectivity index (χ0v) is 16.6. The highest BCUT2D eigenvalue weighted by molar-refractivity contribution is 5.93. The molecule has 0 saturated heterocycles. The van der Waals surface area contributed by atoms with Crippen molar-refractivity contribution in [1.82, 2.24) is 15.5 Å². The summed E-state index contributed by atoms with van der Waals surface area (Å²) in [5.41, 5.74) is 2.76. The summed E-state index contributed by atoms with van der Waals surface area (Å²) in [4.78, 5) is 17.8. The van der Waals surface area contributed by atoms with Gasteiger partial charge in [0.15, 0.2) is 5.96 Å². The molecule has 0 aromatic heterocycles.